The number of hydrogen-bond acceptors (Lipinski definition) is 3. The minimum absolute atomic E-state index is 0.0772. The number of esters is 1. The Bertz CT molecular complexity index is 429. The van der Waals surface area contributed by atoms with Crippen LogP contribution in [0.3, 0.4) is 0 Å². The van der Waals surface area contributed by atoms with E-state index in [-0.39, 0.29) is 24.8 Å². The highest BCUT2D eigenvalue weighted by atomic mass is 79.9. The van der Waals surface area contributed by atoms with Gasteiger partial charge >= 0.3 is 5.97 Å². The summed E-state index contributed by atoms with van der Waals surface area (Å²) in [5, 5.41) is 0. The van der Waals surface area contributed by atoms with Gasteiger partial charge in [-0.15, -0.1) is 0 Å². The molecule has 0 spiro atoms. The first kappa shape index (κ1) is 14.9. The van der Waals surface area contributed by atoms with Gasteiger partial charge in [-0.1, -0.05) is 48.8 Å². The molecular weight excluding hydrogens is 296 g/mol. The number of benzene rings is 1. The number of ketones is 1. The van der Waals surface area contributed by atoms with Crippen molar-refractivity contribution in [2.75, 3.05) is 6.61 Å². The SMILES string of the molecule is CC(C)(C)C(=O)COC(=O)Cc1ccc(Br)cc1. The van der Waals surface area contributed by atoms with Crippen LogP contribution in [0, 0.1) is 5.41 Å². The summed E-state index contributed by atoms with van der Waals surface area (Å²) in [5.74, 6) is -0.457. The first-order chi connectivity index (χ1) is 8.29. The Balaban J connectivity index is 2.43. The number of halogens is 1. The first-order valence-electron chi connectivity index (χ1n) is 5.72. The van der Waals surface area contributed by atoms with Crippen LogP contribution in [0.5, 0.6) is 0 Å². The second-order valence-electron chi connectivity index (χ2n) is 5.14. The molecule has 0 saturated heterocycles. The third-order valence-corrected chi connectivity index (χ3v) is 2.99. The number of carbonyl (C=O) groups is 2. The van der Waals surface area contributed by atoms with Gasteiger partial charge in [0.05, 0.1) is 6.42 Å². The van der Waals surface area contributed by atoms with Gasteiger partial charge in [0.2, 0.25) is 0 Å². The maximum absolute atomic E-state index is 11.6. The molecule has 0 aliphatic heterocycles. The van der Waals surface area contributed by atoms with Crippen LogP contribution in [0.15, 0.2) is 28.7 Å². The molecule has 4 heteroatoms. The zero-order chi connectivity index (χ0) is 13.8. The smallest absolute Gasteiger partial charge is 0.310 e. The Hall–Kier alpha value is -1.16. The summed E-state index contributed by atoms with van der Waals surface area (Å²) in [4.78, 5) is 23.1. The minimum atomic E-state index is -0.474. The van der Waals surface area contributed by atoms with Crippen LogP contribution in [-0.2, 0) is 20.7 Å². The van der Waals surface area contributed by atoms with E-state index in [1.165, 1.54) is 0 Å². The summed E-state index contributed by atoms with van der Waals surface area (Å²) >= 11 is 3.32. The Morgan fingerprint density at radius 1 is 1.17 bits per heavy atom. The maximum atomic E-state index is 11.6. The Morgan fingerprint density at radius 3 is 2.22 bits per heavy atom. The molecule has 0 heterocycles. The summed E-state index contributed by atoms with van der Waals surface area (Å²) in [6, 6.07) is 7.42. The van der Waals surface area contributed by atoms with Crippen molar-refractivity contribution in [3.63, 3.8) is 0 Å². The molecule has 0 aliphatic rings. The molecule has 0 aromatic heterocycles. The largest absolute Gasteiger partial charge is 0.457 e. The number of Topliss-reactive ketones (excluding diaryl/α,β-unsaturated/α-hetero) is 1. The van der Waals surface area contributed by atoms with Crippen LogP contribution in [-0.4, -0.2) is 18.4 Å². The first-order valence-corrected chi connectivity index (χ1v) is 6.52. The summed E-state index contributed by atoms with van der Waals surface area (Å²) in [6.45, 7) is 5.26. The molecule has 0 fully saturated rings. The van der Waals surface area contributed by atoms with Crippen LogP contribution in [0.25, 0.3) is 0 Å². The van der Waals surface area contributed by atoms with Crippen molar-refractivity contribution in [3.8, 4) is 0 Å². The number of rotatable bonds is 4. The molecular formula is C14H17BrO3. The zero-order valence-corrected chi connectivity index (χ0v) is 12.4. The van der Waals surface area contributed by atoms with Crippen molar-refractivity contribution in [3.05, 3.63) is 34.3 Å². The van der Waals surface area contributed by atoms with Crippen LogP contribution >= 0.6 is 15.9 Å². The van der Waals surface area contributed by atoms with E-state index in [1.807, 2.05) is 24.3 Å². The highest BCUT2D eigenvalue weighted by molar-refractivity contribution is 9.10. The Kier molecular flexibility index (Phi) is 5.08. The molecule has 3 nitrogen and oxygen atoms in total. The van der Waals surface area contributed by atoms with Gasteiger partial charge in [-0.2, -0.15) is 0 Å². The van der Waals surface area contributed by atoms with E-state index in [0.29, 0.717) is 0 Å². The summed E-state index contributed by atoms with van der Waals surface area (Å²) in [7, 11) is 0. The molecule has 0 aliphatic carbocycles. The molecule has 0 amide bonds. The fourth-order valence-corrected chi connectivity index (χ4v) is 1.45. The second kappa shape index (κ2) is 6.14. The highest BCUT2D eigenvalue weighted by Gasteiger charge is 2.22. The number of ether oxygens (including phenoxy) is 1. The van der Waals surface area contributed by atoms with Gasteiger partial charge in [0.25, 0.3) is 0 Å². The summed E-state index contributed by atoms with van der Waals surface area (Å²) < 4.78 is 5.92. The van der Waals surface area contributed by atoms with Crippen molar-refractivity contribution in [2.24, 2.45) is 5.41 Å². The van der Waals surface area contributed by atoms with Gasteiger partial charge in [-0.05, 0) is 17.7 Å². The van der Waals surface area contributed by atoms with E-state index < -0.39 is 5.41 Å². The zero-order valence-electron chi connectivity index (χ0n) is 10.8. The highest BCUT2D eigenvalue weighted by Crippen LogP contribution is 2.15. The molecule has 0 atom stereocenters. The summed E-state index contributed by atoms with van der Waals surface area (Å²) in [6.07, 6.45) is 0.185. The van der Waals surface area contributed by atoms with Gasteiger partial charge < -0.3 is 4.74 Å². The van der Waals surface area contributed by atoms with Crippen LogP contribution in [0.1, 0.15) is 26.3 Å². The molecule has 0 saturated carbocycles. The van der Waals surface area contributed by atoms with E-state index in [1.54, 1.807) is 20.8 Å². The monoisotopic (exact) mass is 312 g/mol. The van der Waals surface area contributed by atoms with Crippen molar-refractivity contribution in [1.82, 2.24) is 0 Å². The molecule has 98 valence electrons. The van der Waals surface area contributed by atoms with Crippen LogP contribution in [0.4, 0.5) is 0 Å². The van der Waals surface area contributed by atoms with Crippen molar-refractivity contribution in [1.29, 1.82) is 0 Å². The van der Waals surface area contributed by atoms with E-state index in [2.05, 4.69) is 15.9 Å². The number of carbonyl (C=O) groups excluding carboxylic acids is 2. The molecule has 0 radical (unpaired) electrons. The minimum Gasteiger partial charge on any atom is -0.457 e. The lowest BCUT2D eigenvalue weighted by Crippen LogP contribution is -2.26. The van der Waals surface area contributed by atoms with Crippen molar-refractivity contribution in [2.45, 2.75) is 27.2 Å². The van der Waals surface area contributed by atoms with Gasteiger partial charge in [0.15, 0.2) is 12.4 Å². The third-order valence-electron chi connectivity index (χ3n) is 2.46. The topological polar surface area (TPSA) is 43.4 Å². The standard InChI is InChI=1S/C14H17BrO3/c1-14(2,3)12(16)9-18-13(17)8-10-4-6-11(15)7-5-10/h4-7H,8-9H2,1-3H3. The lowest BCUT2D eigenvalue weighted by Gasteiger charge is -2.16. The molecule has 1 aromatic rings. The molecule has 1 aromatic carbocycles. The van der Waals surface area contributed by atoms with Gasteiger partial charge in [0, 0.05) is 9.89 Å². The molecule has 0 unspecified atom stereocenters. The maximum Gasteiger partial charge on any atom is 0.310 e. The van der Waals surface area contributed by atoms with E-state index in [4.69, 9.17) is 4.74 Å². The van der Waals surface area contributed by atoms with E-state index in [9.17, 15) is 9.59 Å². The molecule has 0 bridgehead atoms. The normalized spacial score (nSPS) is 11.1. The summed E-state index contributed by atoms with van der Waals surface area (Å²) in [5.41, 5.74) is 0.393. The molecule has 1 rings (SSSR count). The van der Waals surface area contributed by atoms with E-state index >= 15 is 0 Å². The molecule has 18 heavy (non-hydrogen) atoms. The predicted molar refractivity (Wildman–Crippen MR) is 73.3 cm³/mol. The van der Waals surface area contributed by atoms with Gasteiger partial charge in [0.1, 0.15) is 0 Å². The lowest BCUT2D eigenvalue weighted by atomic mass is 9.91. The van der Waals surface area contributed by atoms with Crippen LogP contribution in [0.2, 0.25) is 0 Å². The van der Waals surface area contributed by atoms with Crippen molar-refractivity contribution < 1.29 is 14.3 Å². The van der Waals surface area contributed by atoms with Gasteiger partial charge in [-0.25, -0.2) is 0 Å². The quantitative estimate of drug-likeness (QED) is 0.802. The third kappa shape index (κ3) is 5.00. The average molecular weight is 313 g/mol. The van der Waals surface area contributed by atoms with Crippen LogP contribution < -0.4 is 0 Å². The Morgan fingerprint density at radius 2 is 1.72 bits per heavy atom. The lowest BCUT2D eigenvalue weighted by molar-refractivity contribution is -0.149. The van der Waals surface area contributed by atoms with Crippen molar-refractivity contribution >= 4 is 27.7 Å². The van der Waals surface area contributed by atoms with Gasteiger partial charge in [-0.3, -0.25) is 9.59 Å². The van der Waals surface area contributed by atoms with E-state index in [0.717, 1.165) is 10.0 Å². The average Bonchev–Trinajstić information content (AvgIpc) is 2.28. The number of hydrogen-bond donors (Lipinski definition) is 0. The fourth-order valence-electron chi connectivity index (χ4n) is 1.18. The Labute approximate surface area is 116 Å². The predicted octanol–water partition coefficient (Wildman–Crippen LogP) is 3.15. The second-order valence-corrected chi connectivity index (χ2v) is 6.05. The fraction of sp³-hybridized carbons (Fsp3) is 0.429. The molecule has 0 N–H and O–H groups in total.